The van der Waals surface area contributed by atoms with Crippen molar-refractivity contribution in [3.05, 3.63) is 70.7 Å². The molecular formula is C49H69NO6. The fourth-order valence-electron chi connectivity index (χ4n) is 13.6. The van der Waals surface area contributed by atoms with Gasteiger partial charge in [-0.15, -0.1) is 0 Å². The SMILES string of the molecule is CC1=CCCC2(C)C(CCC2(O)CN(CC23CC4CC(CC(C4)C2)C3)C(=O)OC2CC(C)CCC2C(C)C)c2ccc(cc2C(=O)c2ccco2)CC(O)CC1. The monoisotopic (exact) mass is 768 g/mol. The van der Waals surface area contributed by atoms with E-state index in [9.17, 15) is 19.8 Å². The first-order chi connectivity index (χ1) is 26.7. The van der Waals surface area contributed by atoms with Crippen molar-refractivity contribution in [1.29, 1.82) is 0 Å². The molecule has 306 valence electrons. The van der Waals surface area contributed by atoms with Crippen LogP contribution in [0.1, 0.15) is 164 Å². The van der Waals surface area contributed by atoms with Crippen molar-refractivity contribution in [3.63, 3.8) is 0 Å². The van der Waals surface area contributed by atoms with E-state index in [2.05, 4.69) is 52.8 Å². The van der Waals surface area contributed by atoms with Gasteiger partial charge in [0.1, 0.15) is 6.10 Å². The number of rotatable bonds is 8. The molecule has 56 heavy (non-hydrogen) atoms. The van der Waals surface area contributed by atoms with Gasteiger partial charge in [-0.25, -0.2) is 4.79 Å². The molecule has 7 nitrogen and oxygen atoms in total. The Morgan fingerprint density at radius 3 is 2.38 bits per heavy atom. The molecule has 0 spiro atoms. The van der Waals surface area contributed by atoms with Gasteiger partial charge in [-0.3, -0.25) is 4.79 Å². The molecule has 2 N–H and O–H groups in total. The summed E-state index contributed by atoms with van der Waals surface area (Å²) in [6, 6.07) is 9.57. The summed E-state index contributed by atoms with van der Waals surface area (Å²) in [7, 11) is 0. The molecule has 6 fully saturated rings. The molecule has 8 aliphatic carbocycles. The van der Waals surface area contributed by atoms with Gasteiger partial charge in [0, 0.05) is 17.5 Å². The van der Waals surface area contributed by atoms with E-state index in [1.807, 2.05) is 11.0 Å². The van der Waals surface area contributed by atoms with E-state index >= 15 is 0 Å². The second-order valence-electron chi connectivity index (χ2n) is 20.8. The molecule has 1 aromatic carbocycles. The maximum atomic E-state index is 14.9. The lowest BCUT2D eigenvalue weighted by Crippen LogP contribution is -2.58. The minimum Gasteiger partial charge on any atom is -0.461 e. The highest BCUT2D eigenvalue weighted by molar-refractivity contribution is 6.08. The van der Waals surface area contributed by atoms with Crippen molar-refractivity contribution in [3.8, 4) is 0 Å². The minimum atomic E-state index is -1.20. The van der Waals surface area contributed by atoms with Crippen molar-refractivity contribution in [2.24, 2.45) is 46.3 Å². The van der Waals surface area contributed by atoms with Gasteiger partial charge in [0.15, 0.2) is 5.76 Å². The van der Waals surface area contributed by atoms with E-state index in [1.54, 1.807) is 12.1 Å². The van der Waals surface area contributed by atoms with Crippen LogP contribution < -0.4 is 0 Å². The summed E-state index contributed by atoms with van der Waals surface area (Å²) < 4.78 is 12.4. The highest BCUT2D eigenvalue weighted by Crippen LogP contribution is 2.62. The van der Waals surface area contributed by atoms with Gasteiger partial charge in [-0.1, -0.05) is 57.9 Å². The van der Waals surface area contributed by atoms with Crippen LogP contribution in [0.25, 0.3) is 0 Å². The molecule has 7 unspecified atom stereocenters. The molecule has 0 radical (unpaired) electrons. The number of ketones is 1. The largest absolute Gasteiger partial charge is 0.461 e. The Hall–Kier alpha value is -2.90. The summed E-state index contributed by atoms with van der Waals surface area (Å²) in [5.41, 5.74) is 1.93. The van der Waals surface area contributed by atoms with Gasteiger partial charge in [-0.2, -0.15) is 0 Å². The number of nitrogens with zero attached hydrogens (tertiary/aromatic N) is 1. The Labute approximate surface area is 336 Å². The Morgan fingerprint density at radius 1 is 0.964 bits per heavy atom. The van der Waals surface area contributed by atoms with Crippen LogP contribution in [0.2, 0.25) is 0 Å². The normalized spacial score (nSPS) is 38.2. The third-order valence-electron chi connectivity index (χ3n) is 16.3. The summed E-state index contributed by atoms with van der Waals surface area (Å²) in [4.78, 5) is 31.2. The number of benzene rings is 1. The highest BCUT2D eigenvalue weighted by atomic mass is 16.6. The molecule has 0 saturated heterocycles. The highest BCUT2D eigenvalue weighted by Gasteiger charge is 2.59. The first-order valence-electron chi connectivity index (χ1n) is 22.5. The summed E-state index contributed by atoms with van der Waals surface area (Å²) in [5.74, 6) is 3.55. The van der Waals surface area contributed by atoms with Crippen LogP contribution in [-0.2, 0) is 11.2 Å². The summed E-state index contributed by atoms with van der Waals surface area (Å²) >= 11 is 0. The second kappa shape index (κ2) is 15.7. The number of hydrogen-bond donors (Lipinski definition) is 2. The van der Waals surface area contributed by atoms with E-state index in [-0.39, 0.29) is 35.9 Å². The molecule has 8 aliphatic rings. The maximum absolute atomic E-state index is 14.9. The van der Waals surface area contributed by atoms with Crippen LogP contribution in [-0.4, -0.2) is 57.9 Å². The lowest BCUT2D eigenvalue weighted by atomic mass is 9.49. The third-order valence-corrected chi connectivity index (χ3v) is 16.3. The van der Waals surface area contributed by atoms with E-state index in [4.69, 9.17) is 9.15 Å². The molecule has 7 heteroatoms. The molecular weight excluding hydrogens is 699 g/mol. The number of carbonyl (C=O) groups excluding carboxylic acids is 2. The zero-order chi connectivity index (χ0) is 39.4. The van der Waals surface area contributed by atoms with Crippen molar-refractivity contribution >= 4 is 11.9 Å². The average Bonchev–Trinajstić information content (AvgIpc) is 3.76. The van der Waals surface area contributed by atoms with Crippen LogP contribution in [0, 0.1) is 46.3 Å². The van der Waals surface area contributed by atoms with Gasteiger partial charge < -0.3 is 24.3 Å². The number of aliphatic hydroxyl groups is 2. The first kappa shape index (κ1) is 39.9. The third kappa shape index (κ3) is 7.82. The van der Waals surface area contributed by atoms with Crippen molar-refractivity contribution < 1.29 is 29.0 Å². The number of fused-ring (bicyclic) bond motifs is 8. The topological polar surface area (TPSA) is 100 Å². The standard InChI is InChI=1S/C49H69NO6/c1-31(2)39-14-11-33(4)20-44(39)56-46(53)50(29-48-26-35-21-36(27-48)23-37(22-35)28-48)30-49(54)18-16-42-40-15-12-34(25-41(40)45(52)43-9-7-19-55-43)24-38(51)13-10-32(3)8-6-17-47(42,49)5/h7-9,12,15,19,25,31,33,35-39,42,44,51,54H,6,10-11,13-14,16-18,20-24,26-30H2,1-5H3. The van der Waals surface area contributed by atoms with E-state index < -0.39 is 17.1 Å². The molecule has 0 aliphatic heterocycles. The van der Waals surface area contributed by atoms with Gasteiger partial charge in [0.05, 0.1) is 24.5 Å². The number of amides is 1. The number of aliphatic hydroxyl groups excluding tert-OH is 1. The zero-order valence-electron chi connectivity index (χ0n) is 34.9. The molecule has 6 saturated carbocycles. The molecule has 6 bridgehead atoms. The van der Waals surface area contributed by atoms with Crippen LogP contribution in [0.5, 0.6) is 0 Å². The molecule has 10 rings (SSSR count). The van der Waals surface area contributed by atoms with Gasteiger partial charge >= 0.3 is 6.09 Å². The predicted octanol–water partition coefficient (Wildman–Crippen LogP) is 10.7. The Balaban J connectivity index is 1.16. The minimum absolute atomic E-state index is 0.0898. The maximum Gasteiger partial charge on any atom is 0.410 e. The fraction of sp³-hybridized carbons (Fsp3) is 0.714. The zero-order valence-corrected chi connectivity index (χ0v) is 34.9. The van der Waals surface area contributed by atoms with Crippen LogP contribution >= 0.6 is 0 Å². The Morgan fingerprint density at radius 2 is 1.70 bits per heavy atom. The number of allylic oxidation sites excluding steroid dienone is 2. The Kier molecular flexibility index (Phi) is 11.2. The lowest BCUT2D eigenvalue weighted by Gasteiger charge is -2.58. The van der Waals surface area contributed by atoms with Gasteiger partial charge in [0.2, 0.25) is 5.78 Å². The predicted molar refractivity (Wildman–Crippen MR) is 219 cm³/mol. The number of furan rings is 1. The van der Waals surface area contributed by atoms with Crippen LogP contribution in [0.15, 0.2) is 52.7 Å². The first-order valence-corrected chi connectivity index (χ1v) is 22.5. The van der Waals surface area contributed by atoms with Crippen LogP contribution in [0.3, 0.4) is 0 Å². The summed E-state index contributed by atoms with van der Waals surface area (Å²) in [6.07, 6.45) is 18.3. The molecule has 2 aromatic rings. The van der Waals surface area contributed by atoms with Crippen molar-refractivity contribution in [2.75, 3.05) is 13.1 Å². The average molecular weight is 768 g/mol. The van der Waals surface area contributed by atoms with Crippen LogP contribution in [0.4, 0.5) is 4.79 Å². The Bertz CT molecular complexity index is 1730. The number of hydrogen-bond acceptors (Lipinski definition) is 6. The van der Waals surface area contributed by atoms with Gasteiger partial charge in [-0.05, 0) is 179 Å². The van der Waals surface area contributed by atoms with Crippen molar-refractivity contribution in [1.82, 2.24) is 4.90 Å². The van der Waals surface area contributed by atoms with Gasteiger partial charge in [0.25, 0.3) is 0 Å². The van der Waals surface area contributed by atoms with E-state index in [0.29, 0.717) is 67.7 Å². The molecule has 1 heterocycles. The summed E-state index contributed by atoms with van der Waals surface area (Å²) in [6.45, 7) is 12.1. The van der Waals surface area contributed by atoms with E-state index in [0.717, 1.165) is 54.6 Å². The molecule has 1 aromatic heterocycles. The fourth-order valence-corrected chi connectivity index (χ4v) is 13.6. The lowest BCUT2D eigenvalue weighted by molar-refractivity contribution is -0.108. The quantitative estimate of drug-likeness (QED) is 0.205. The smallest absolute Gasteiger partial charge is 0.410 e. The summed E-state index contributed by atoms with van der Waals surface area (Å²) in [5, 5.41) is 24.4. The number of ether oxygens (including phenoxy) is 1. The molecule has 7 atom stereocenters. The van der Waals surface area contributed by atoms with E-state index in [1.165, 1.54) is 56.8 Å². The van der Waals surface area contributed by atoms with Crippen molar-refractivity contribution in [2.45, 2.75) is 161 Å². The second-order valence-corrected chi connectivity index (χ2v) is 20.8. The molecule has 1 amide bonds. The number of carbonyl (C=O) groups is 2.